The van der Waals surface area contributed by atoms with Crippen molar-refractivity contribution in [3.05, 3.63) is 0 Å². The summed E-state index contributed by atoms with van der Waals surface area (Å²) in [7, 11) is 0. The van der Waals surface area contributed by atoms with E-state index in [1.54, 1.807) is 6.92 Å². The Hall–Kier alpha value is -1.26. The topological polar surface area (TPSA) is 176 Å². The second-order valence-corrected chi connectivity index (χ2v) is 7.11. The molecule has 0 aliphatic heterocycles. The summed E-state index contributed by atoms with van der Waals surface area (Å²) in [6.07, 6.45) is 7.42. The average molecular weight is 457 g/mol. The molecule has 0 saturated heterocycles. The number of carboxylic acid groups (broad SMARTS) is 2. The summed E-state index contributed by atoms with van der Waals surface area (Å²) in [5.74, 6) is -1.18. The van der Waals surface area contributed by atoms with Gasteiger partial charge in [-0.1, -0.05) is 33.1 Å². The van der Waals surface area contributed by atoms with Gasteiger partial charge in [0.15, 0.2) is 0 Å². The number of carboxylic acids is 2. The Morgan fingerprint density at radius 3 is 1.35 bits per heavy atom. The molecule has 2 atom stereocenters. The Bertz CT molecular complexity index is 326. The van der Waals surface area contributed by atoms with Crippen LogP contribution in [-0.4, -0.2) is 80.2 Å². The largest absolute Gasteiger partial charge is 0.481 e. The predicted octanol–water partition coefficient (Wildman–Crippen LogP) is 2.41. The van der Waals surface area contributed by atoms with Crippen LogP contribution in [0.2, 0.25) is 0 Å². The molecule has 9 nitrogen and oxygen atoms in total. The molecular weight excluding hydrogens is 408 g/mol. The lowest BCUT2D eigenvalue weighted by Crippen LogP contribution is -2.03. The number of aliphatic hydroxyl groups excluding tert-OH is 5. The van der Waals surface area contributed by atoms with E-state index in [0.29, 0.717) is 31.8 Å². The van der Waals surface area contributed by atoms with Crippen molar-refractivity contribution in [2.45, 2.75) is 97.5 Å². The molecule has 31 heavy (non-hydrogen) atoms. The van der Waals surface area contributed by atoms with Crippen molar-refractivity contribution in [1.82, 2.24) is 0 Å². The van der Waals surface area contributed by atoms with E-state index >= 15 is 0 Å². The third kappa shape index (κ3) is 52.7. The Morgan fingerprint density at radius 2 is 1.16 bits per heavy atom. The van der Waals surface area contributed by atoms with Crippen molar-refractivity contribution in [2.75, 3.05) is 26.4 Å². The first-order valence-electron chi connectivity index (χ1n) is 11.2. The van der Waals surface area contributed by atoms with E-state index in [2.05, 4.69) is 13.8 Å². The van der Waals surface area contributed by atoms with Crippen LogP contribution in [0.5, 0.6) is 0 Å². The number of carbonyl (C=O) groups is 2. The molecule has 0 bridgehead atoms. The third-order valence-corrected chi connectivity index (χ3v) is 3.95. The SMILES string of the molecule is CC(O)CCO.CCCCC(CC)CO.O=C(O)CCCCC(=O)O.OCCCCO. The molecule has 190 valence electrons. The molecule has 0 spiro atoms. The van der Waals surface area contributed by atoms with Gasteiger partial charge in [0.2, 0.25) is 0 Å². The van der Waals surface area contributed by atoms with Gasteiger partial charge in [0.05, 0.1) is 6.10 Å². The number of aliphatic carboxylic acids is 2. The van der Waals surface area contributed by atoms with Crippen molar-refractivity contribution in [1.29, 1.82) is 0 Å². The van der Waals surface area contributed by atoms with Gasteiger partial charge in [-0.15, -0.1) is 0 Å². The van der Waals surface area contributed by atoms with Gasteiger partial charge in [-0.25, -0.2) is 0 Å². The molecule has 2 unspecified atom stereocenters. The lowest BCUT2D eigenvalue weighted by Gasteiger charge is -2.08. The lowest BCUT2D eigenvalue weighted by atomic mass is 10.0. The molecule has 0 heterocycles. The maximum atomic E-state index is 9.90. The zero-order chi connectivity index (χ0) is 24.9. The Morgan fingerprint density at radius 1 is 0.710 bits per heavy atom. The highest BCUT2D eigenvalue weighted by atomic mass is 16.4. The van der Waals surface area contributed by atoms with Crippen molar-refractivity contribution < 1.29 is 45.3 Å². The molecule has 0 fully saturated rings. The normalized spacial score (nSPS) is 11.5. The molecule has 0 aromatic heterocycles. The van der Waals surface area contributed by atoms with E-state index in [-0.39, 0.29) is 38.8 Å². The van der Waals surface area contributed by atoms with Gasteiger partial charge >= 0.3 is 11.9 Å². The number of rotatable bonds is 15. The summed E-state index contributed by atoms with van der Waals surface area (Å²) in [6, 6.07) is 0. The molecule has 0 rings (SSSR count). The Labute approximate surface area is 187 Å². The van der Waals surface area contributed by atoms with E-state index in [0.717, 1.165) is 19.3 Å². The highest BCUT2D eigenvalue weighted by molar-refractivity contribution is 5.67. The van der Waals surface area contributed by atoms with E-state index in [9.17, 15) is 9.59 Å². The van der Waals surface area contributed by atoms with E-state index in [1.165, 1.54) is 19.3 Å². The van der Waals surface area contributed by atoms with Crippen molar-refractivity contribution in [3.63, 3.8) is 0 Å². The van der Waals surface area contributed by atoms with Crippen LogP contribution in [0.1, 0.15) is 91.4 Å². The van der Waals surface area contributed by atoms with Crippen LogP contribution in [-0.2, 0) is 9.59 Å². The van der Waals surface area contributed by atoms with Crippen LogP contribution in [0.15, 0.2) is 0 Å². The van der Waals surface area contributed by atoms with Gasteiger partial charge < -0.3 is 35.7 Å². The smallest absolute Gasteiger partial charge is 0.303 e. The van der Waals surface area contributed by atoms with Crippen LogP contribution in [0, 0.1) is 5.92 Å². The first kappa shape index (κ1) is 37.1. The quantitative estimate of drug-likeness (QED) is 0.182. The summed E-state index contributed by atoms with van der Waals surface area (Å²) in [5.41, 5.74) is 0. The second-order valence-electron chi connectivity index (χ2n) is 7.11. The van der Waals surface area contributed by atoms with Crippen molar-refractivity contribution in [2.24, 2.45) is 5.92 Å². The van der Waals surface area contributed by atoms with E-state index < -0.39 is 11.9 Å². The maximum Gasteiger partial charge on any atom is 0.303 e. The van der Waals surface area contributed by atoms with Gasteiger partial charge in [-0.05, 0) is 51.4 Å². The van der Waals surface area contributed by atoms with Gasteiger partial charge in [0, 0.05) is 39.3 Å². The van der Waals surface area contributed by atoms with E-state index in [1.807, 2.05) is 0 Å². The zero-order valence-corrected chi connectivity index (χ0v) is 19.7. The molecule has 0 aliphatic rings. The monoisotopic (exact) mass is 456 g/mol. The molecule has 7 N–H and O–H groups in total. The molecule has 0 radical (unpaired) electrons. The molecule has 0 amide bonds. The maximum absolute atomic E-state index is 9.90. The van der Waals surface area contributed by atoms with Crippen molar-refractivity contribution in [3.8, 4) is 0 Å². The molecular formula is C22H48O9. The third-order valence-electron chi connectivity index (χ3n) is 3.95. The average Bonchev–Trinajstić information content (AvgIpc) is 2.71. The molecule has 0 aromatic carbocycles. The lowest BCUT2D eigenvalue weighted by molar-refractivity contribution is -0.139. The Balaban J connectivity index is -0.000000161. The fourth-order valence-corrected chi connectivity index (χ4v) is 1.88. The zero-order valence-electron chi connectivity index (χ0n) is 19.7. The van der Waals surface area contributed by atoms with Gasteiger partial charge in [0.1, 0.15) is 0 Å². The first-order chi connectivity index (χ1) is 14.7. The van der Waals surface area contributed by atoms with E-state index in [4.69, 9.17) is 35.7 Å². The summed E-state index contributed by atoms with van der Waals surface area (Å²) in [4.78, 5) is 19.8. The highest BCUT2D eigenvalue weighted by Gasteiger charge is 2.01. The minimum atomic E-state index is -0.870. The van der Waals surface area contributed by atoms with Crippen LogP contribution in [0.25, 0.3) is 0 Å². The standard InChI is InChI=1S/C8H18O.C6H10O4.2C4H10O2/c1-3-5-6-8(4-2)7-9;7-5(8)3-1-2-4-6(9)10;1-4(6)2-3-5;5-3-1-2-4-6/h8-9H,3-7H2,1-2H3;1-4H2,(H,7,8)(H,9,10);4-6H,2-3H2,1H3;5-6H,1-4H2. The summed E-state index contributed by atoms with van der Waals surface area (Å²) in [5, 5.41) is 57.7. The second kappa shape index (κ2) is 33.4. The Kier molecular flexibility index (Phi) is 39.9. The highest BCUT2D eigenvalue weighted by Crippen LogP contribution is 2.10. The fourth-order valence-electron chi connectivity index (χ4n) is 1.88. The number of aliphatic hydroxyl groups is 5. The number of hydrogen-bond donors (Lipinski definition) is 7. The summed E-state index contributed by atoms with van der Waals surface area (Å²) < 4.78 is 0. The molecule has 0 aliphatic carbocycles. The summed E-state index contributed by atoms with van der Waals surface area (Å²) in [6.45, 7) is 6.81. The first-order valence-corrected chi connectivity index (χ1v) is 11.2. The van der Waals surface area contributed by atoms with Gasteiger partial charge in [-0.2, -0.15) is 0 Å². The molecule has 9 heteroatoms. The predicted molar refractivity (Wildman–Crippen MR) is 121 cm³/mol. The van der Waals surface area contributed by atoms with Gasteiger partial charge in [-0.3, -0.25) is 9.59 Å². The minimum absolute atomic E-state index is 0.0628. The number of hydrogen-bond acceptors (Lipinski definition) is 7. The van der Waals surface area contributed by atoms with Crippen LogP contribution in [0.3, 0.4) is 0 Å². The van der Waals surface area contributed by atoms with Crippen LogP contribution < -0.4 is 0 Å². The molecule has 0 saturated carbocycles. The minimum Gasteiger partial charge on any atom is -0.481 e. The van der Waals surface area contributed by atoms with Gasteiger partial charge in [0.25, 0.3) is 0 Å². The van der Waals surface area contributed by atoms with Crippen LogP contribution in [0.4, 0.5) is 0 Å². The molecule has 0 aromatic rings. The van der Waals surface area contributed by atoms with Crippen LogP contribution >= 0.6 is 0 Å². The summed E-state index contributed by atoms with van der Waals surface area (Å²) >= 11 is 0. The fraction of sp³-hybridized carbons (Fsp3) is 0.909. The number of unbranched alkanes of at least 4 members (excludes halogenated alkanes) is 3. The van der Waals surface area contributed by atoms with Crippen molar-refractivity contribution >= 4 is 11.9 Å².